The van der Waals surface area contributed by atoms with Crippen LogP contribution in [0.2, 0.25) is 0 Å². The standard InChI is InChI=1S/C14H21N3O4S/c18-12-3-6-16(7-4-12)14-13(2-1-5-15-14)22(19,20)17-8-10-21-11-9-17/h1-2,5,12,18H,3-4,6-11H2/p+1. The Labute approximate surface area is 130 Å². The summed E-state index contributed by atoms with van der Waals surface area (Å²) in [7, 11) is -3.54. The normalized spacial score (nSPS) is 22.0. The molecule has 0 atom stereocenters. The smallest absolute Gasteiger partial charge is 0.294 e. The first kappa shape index (κ1) is 15.7. The first-order valence-electron chi connectivity index (χ1n) is 7.60. The molecule has 0 saturated carbocycles. The van der Waals surface area contributed by atoms with Crippen molar-refractivity contribution in [3.8, 4) is 0 Å². The maximum absolute atomic E-state index is 12.9. The molecule has 2 fully saturated rings. The number of aromatic amines is 1. The predicted molar refractivity (Wildman–Crippen MR) is 80.0 cm³/mol. The number of aliphatic hydroxyl groups excluding tert-OH is 1. The van der Waals surface area contributed by atoms with Gasteiger partial charge in [-0.05, 0) is 12.1 Å². The molecule has 0 spiro atoms. The molecule has 3 heterocycles. The maximum Gasteiger partial charge on any atom is 0.294 e. The molecule has 0 aliphatic carbocycles. The van der Waals surface area contributed by atoms with E-state index in [4.69, 9.17) is 4.74 Å². The van der Waals surface area contributed by atoms with E-state index in [0.29, 0.717) is 62.9 Å². The van der Waals surface area contributed by atoms with Gasteiger partial charge in [0.05, 0.1) is 38.6 Å². The lowest BCUT2D eigenvalue weighted by Crippen LogP contribution is -2.43. The second-order valence-electron chi connectivity index (χ2n) is 5.62. The number of aliphatic hydroxyl groups is 1. The second-order valence-corrected chi connectivity index (χ2v) is 7.52. The Hall–Kier alpha value is -1.22. The van der Waals surface area contributed by atoms with Gasteiger partial charge in [-0.2, -0.15) is 4.31 Å². The summed E-state index contributed by atoms with van der Waals surface area (Å²) in [5, 5.41) is 9.63. The van der Waals surface area contributed by atoms with Gasteiger partial charge >= 0.3 is 0 Å². The molecule has 8 heteroatoms. The van der Waals surface area contributed by atoms with Crippen LogP contribution in [-0.2, 0) is 14.8 Å². The summed E-state index contributed by atoms with van der Waals surface area (Å²) in [6.45, 7) is 2.92. The van der Waals surface area contributed by atoms with E-state index in [2.05, 4.69) is 4.98 Å². The van der Waals surface area contributed by atoms with Crippen LogP contribution in [0.5, 0.6) is 0 Å². The van der Waals surface area contributed by atoms with Gasteiger partial charge in [-0.15, -0.1) is 0 Å². The lowest BCUT2D eigenvalue weighted by Gasteiger charge is -2.28. The summed E-state index contributed by atoms with van der Waals surface area (Å²) in [6, 6.07) is 3.34. The zero-order valence-electron chi connectivity index (χ0n) is 12.4. The number of rotatable bonds is 3. The van der Waals surface area contributed by atoms with Gasteiger partial charge in [0.25, 0.3) is 15.8 Å². The fraction of sp³-hybridized carbons (Fsp3) is 0.643. The lowest BCUT2D eigenvalue weighted by atomic mass is 10.1. The molecule has 2 saturated heterocycles. The highest BCUT2D eigenvalue weighted by atomic mass is 32.2. The van der Waals surface area contributed by atoms with E-state index in [1.807, 2.05) is 4.90 Å². The number of H-pyrrole nitrogens is 1. The third-order valence-corrected chi connectivity index (χ3v) is 6.10. The molecule has 2 aliphatic rings. The Morgan fingerprint density at radius 3 is 2.55 bits per heavy atom. The molecule has 0 aromatic carbocycles. The van der Waals surface area contributed by atoms with Crippen LogP contribution in [0.3, 0.4) is 0 Å². The van der Waals surface area contributed by atoms with Gasteiger partial charge in [0.2, 0.25) is 0 Å². The highest BCUT2D eigenvalue weighted by Gasteiger charge is 2.35. The van der Waals surface area contributed by atoms with Crippen LogP contribution in [-0.4, -0.2) is 63.3 Å². The Balaban J connectivity index is 1.90. The monoisotopic (exact) mass is 328 g/mol. The number of nitrogens with zero attached hydrogens (tertiary/aromatic N) is 2. The van der Waals surface area contributed by atoms with Crippen LogP contribution in [0.25, 0.3) is 0 Å². The highest BCUT2D eigenvalue weighted by molar-refractivity contribution is 7.89. The molecule has 22 heavy (non-hydrogen) atoms. The zero-order valence-corrected chi connectivity index (χ0v) is 13.3. The van der Waals surface area contributed by atoms with E-state index in [1.165, 1.54) is 4.31 Å². The van der Waals surface area contributed by atoms with Crippen LogP contribution in [0, 0.1) is 0 Å². The Morgan fingerprint density at radius 1 is 1.18 bits per heavy atom. The van der Waals surface area contributed by atoms with Crippen molar-refractivity contribution in [2.45, 2.75) is 23.8 Å². The summed E-state index contributed by atoms with van der Waals surface area (Å²) >= 11 is 0. The Morgan fingerprint density at radius 2 is 1.86 bits per heavy atom. The van der Waals surface area contributed by atoms with Crippen LogP contribution in [0.15, 0.2) is 23.2 Å². The average molecular weight is 328 g/mol. The summed E-state index contributed by atoms with van der Waals surface area (Å²) in [6.07, 6.45) is 2.75. The van der Waals surface area contributed by atoms with Crippen LogP contribution in [0.4, 0.5) is 5.82 Å². The number of pyridine rings is 1. The molecule has 122 valence electrons. The molecular formula is C14H22N3O4S+. The molecule has 3 rings (SSSR count). The SMILES string of the molecule is O=S(=O)(c1ccc[nH+]c1N1CCC(O)CC1)N1CCOCC1. The number of ether oxygens (including phenoxy) is 1. The summed E-state index contributed by atoms with van der Waals surface area (Å²) in [5.74, 6) is 0.612. The number of sulfonamides is 1. The first-order chi connectivity index (χ1) is 10.6. The lowest BCUT2D eigenvalue weighted by molar-refractivity contribution is -0.367. The Kier molecular flexibility index (Phi) is 4.62. The second kappa shape index (κ2) is 6.49. The van der Waals surface area contributed by atoms with Gasteiger partial charge < -0.3 is 9.84 Å². The summed E-state index contributed by atoms with van der Waals surface area (Å²) in [4.78, 5) is 5.37. The van der Waals surface area contributed by atoms with E-state index in [-0.39, 0.29) is 6.10 Å². The first-order valence-corrected chi connectivity index (χ1v) is 9.04. The predicted octanol–water partition coefficient (Wildman–Crippen LogP) is -0.517. The number of hydrogen-bond acceptors (Lipinski definition) is 5. The van der Waals surface area contributed by atoms with E-state index in [1.54, 1.807) is 18.3 Å². The van der Waals surface area contributed by atoms with Crippen molar-refractivity contribution < 1.29 is 23.2 Å². The zero-order chi connectivity index (χ0) is 15.6. The molecule has 0 bridgehead atoms. The minimum absolute atomic E-state index is 0.292. The van der Waals surface area contributed by atoms with Crippen molar-refractivity contribution in [2.24, 2.45) is 0 Å². The van der Waals surface area contributed by atoms with E-state index in [0.717, 1.165) is 0 Å². The van der Waals surface area contributed by atoms with Gasteiger partial charge in [0.1, 0.15) is 0 Å². The number of piperidine rings is 1. The molecule has 0 amide bonds. The van der Waals surface area contributed by atoms with Gasteiger partial charge in [0, 0.05) is 25.9 Å². The van der Waals surface area contributed by atoms with Crippen LogP contribution < -0.4 is 9.88 Å². The van der Waals surface area contributed by atoms with Crippen molar-refractivity contribution in [1.82, 2.24) is 4.31 Å². The third kappa shape index (κ3) is 3.10. The number of aromatic nitrogens is 1. The highest BCUT2D eigenvalue weighted by Crippen LogP contribution is 2.26. The van der Waals surface area contributed by atoms with Gasteiger partial charge in [0.15, 0.2) is 4.90 Å². The molecule has 0 radical (unpaired) electrons. The van der Waals surface area contributed by atoms with Crippen molar-refractivity contribution in [3.63, 3.8) is 0 Å². The van der Waals surface area contributed by atoms with E-state index < -0.39 is 10.0 Å². The van der Waals surface area contributed by atoms with Crippen LogP contribution >= 0.6 is 0 Å². The van der Waals surface area contributed by atoms with E-state index >= 15 is 0 Å². The number of anilines is 1. The number of morpholine rings is 1. The average Bonchev–Trinajstić information content (AvgIpc) is 2.56. The maximum atomic E-state index is 12.9. The largest absolute Gasteiger partial charge is 0.393 e. The van der Waals surface area contributed by atoms with Crippen molar-refractivity contribution in [2.75, 3.05) is 44.3 Å². The van der Waals surface area contributed by atoms with Gasteiger partial charge in [-0.1, -0.05) is 0 Å². The molecule has 1 aromatic rings. The molecular weight excluding hydrogens is 306 g/mol. The van der Waals surface area contributed by atoms with E-state index in [9.17, 15) is 13.5 Å². The fourth-order valence-corrected chi connectivity index (χ4v) is 4.47. The van der Waals surface area contributed by atoms with Crippen molar-refractivity contribution in [3.05, 3.63) is 18.3 Å². The minimum Gasteiger partial charge on any atom is -0.393 e. The molecule has 1 aromatic heterocycles. The van der Waals surface area contributed by atoms with Crippen LogP contribution in [0.1, 0.15) is 12.8 Å². The van der Waals surface area contributed by atoms with Gasteiger partial charge in [-0.25, -0.2) is 13.4 Å². The third-order valence-electron chi connectivity index (χ3n) is 4.17. The summed E-state index contributed by atoms with van der Waals surface area (Å²) < 4.78 is 32.5. The fourth-order valence-electron chi connectivity index (χ4n) is 2.88. The number of hydrogen-bond donors (Lipinski definition) is 1. The molecule has 2 aliphatic heterocycles. The minimum atomic E-state index is -3.54. The van der Waals surface area contributed by atoms with Crippen molar-refractivity contribution in [1.29, 1.82) is 0 Å². The summed E-state index contributed by atoms with van der Waals surface area (Å²) in [5.41, 5.74) is 0. The van der Waals surface area contributed by atoms with Crippen molar-refractivity contribution >= 4 is 15.8 Å². The molecule has 2 N–H and O–H groups in total. The van der Waals surface area contributed by atoms with Gasteiger partial charge in [-0.3, -0.25) is 4.90 Å². The quantitative estimate of drug-likeness (QED) is 0.807. The molecule has 7 nitrogen and oxygen atoms in total. The topological polar surface area (TPSA) is 84.2 Å². The Bertz CT molecular complexity index is 608. The molecule has 0 unspecified atom stereocenters. The number of nitrogens with one attached hydrogen (secondary N) is 1.